The van der Waals surface area contributed by atoms with Gasteiger partial charge in [-0.05, 0) is 24.6 Å². The van der Waals surface area contributed by atoms with Crippen LogP contribution in [0.4, 0.5) is 5.69 Å². The number of anilines is 1. The number of rotatable bonds is 3. The van der Waals surface area contributed by atoms with Crippen molar-refractivity contribution >= 4 is 5.69 Å². The first-order valence-corrected chi connectivity index (χ1v) is 5.71. The second-order valence-corrected chi connectivity index (χ2v) is 4.12. The summed E-state index contributed by atoms with van der Waals surface area (Å²) in [6.07, 6.45) is 0. The minimum absolute atomic E-state index is 0.607. The summed E-state index contributed by atoms with van der Waals surface area (Å²) in [5.74, 6) is 0. The van der Waals surface area contributed by atoms with Gasteiger partial charge in [-0.2, -0.15) is 5.26 Å². The molecule has 1 atom stereocenters. The van der Waals surface area contributed by atoms with Gasteiger partial charge in [0.05, 0.1) is 11.8 Å². The van der Waals surface area contributed by atoms with Crippen molar-refractivity contribution in [2.45, 2.75) is 13.0 Å². The van der Waals surface area contributed by atoms with Gasteiger partial charge in [-0.3, -0.25) is 5.21 Å². The van der Waals surface area contributed by atoms with E-state index in [1.165, 1.54) is 0 Å². The lowest BCUT2D eigenvalue weighted by Crippen LogP contribution is -2.23. The Bertz CT molecular complexity index is 543. The van der Waals surface area contributed by atoms with Crippen molar-refractivity contribution in [1.82, 2.24) is 0 Å². The van der Waals surface area contributed by atoms with E-state index in [1.807, 2.05) is 49.4 Å². The molecule has 18 heavy (non-hydrogen) atoms. The van der Waals surface area contributed by atoms with Crippen molar-refractivity contribution in [3.63, 3.8) is 0 Å². The van der Waals surface area contributed by atoms with Gasteiger partial charge < -0.3 is 0 Å². The van der Waals surface area contributed by atoms with Crippen LogP contribution in [-0.2, 0) is 0 Å². The van der Waals surface area contributed by atoms with Gasteiger partial charge in [0.1, 0.15) is 0 Å². The molecule has 0 aliphatic carbocycles. The lowest BCUT2D eigenvalue weighted by Gasteiger charge is -2.22. The molecule has 1 unspecified atom stereocenters. The zero-order chi connectivity index (χ0) is 13.0. The molecule has 0 saturated heterocycles. The van der Waals surface area contributed by atoms with Crippen LogP contribution in [0.25, 0.3) is 0 Å². The fourth-order valence-electron chi connectivity index (χ4n) is 1.75. The van der Waals surface area contributed by atoms with E-state index in [2.05, 4.69) is 6.07 Å². The minimum Gasteiger partial charge on any atom is -0.287 e. The van der Waals surface area contributed by atoms with Gasteiger partial charge in [-0.15, -0.1) is 0 Å². The summed E-state index contributed by atoms with van der Waals surface area (Å²) in [6, 6.07) is 18.0. The predicted octanol–water partition coefficient (Wildman–Crippen LogP) is 3.46. The van der Waals surface area contributed by atoms with Crippen LogP contribution < -0.4 is 5.06 Å². The molecular weight excluding hydrogens is 224 g/mol. The number of aryl methyl sites for hydroxylation is 1. The van der Waals surface area contributed by atoms with Crippen LogP contribution in [0.3, 0.4) is 0 Å². The number of hydrogen-bond donors (Lipinski definition) is 1. The average Bonchev–Trinajstić information content (AvgIpc) is 2.41. The third-order valence-electron chi connectivity index (χ3n) is 2.78. The highest BCUT2D eigenvalue weighted by Gasteiger charge is 2.18. The van der Waals surface area contributed by atoms with Crippen LogP contribution in [-0.4, -0.2) is 5.21 Å². The molecule has 0 amide bonds. The molecule has 0 aliphatic heterocycles. The van der Waals surface area contributed by atoms with Gasteiger partial charge in [-0.1, -0.05) is 48.0 Å². The third kappa shape index (κ3) is 2.50. The summed E-state index contributed by atoms with van der Waals surface area (Å²) in [6.45, 7) is 1.98. The van der Waals surface area contributed by atoms with Gasteiger partial charge in [0.2, 0.25) is 0 Å². The van der Waals surface area contributed by atoms with E-state index in [0.29, 0.717) is 5.69 Å². The van der Waals surface area contributed by atoms with Crippen LogP contribution in [0.15, 0.2) is 54.6 Å². The van der Waals surface area contributed by atoms with E-state index in [1.54, 1.807) is 12.1 Å². The van der Waals surface area contributed by atoms with Crippen molar-refractivity contribution in [3.8, 4) is 6.07 Å². The topological polar surface area (TPSA) is 47.3 Å². The third-order valence-corrected chi connectivity index (χ3v) is 2.78. The maximum absolute atomic E-state index is 10.1. The molecule has 90 valence electrons. The Kier molecular flexibility index (Phi) is 3.61. The molecule has 0 radical (unpaired) electrons. The fourth-order valence-corrected chi connectivity index (χ4v) is 1.75. The Morgan fingerprint density at radius 3 is 2.22 bits per heavy atom. The molecule has 2 aromatic rings. The number of nitrogens with zero attached hydrogens (tertiary/aromatic N) is 2. The molecule has 1 N–H and O–H groups in total. The highest BCUT2D eigenvalue weighted by atomic mass is 16.5. The van der Waals surface area contributed by atoms with E-state index < -0.39 is 6.04 Å². The minimum atomic E-state index is -0.700. The molecule has 0 aliphatic rings. The number of hydroxylamine groups is 1. The normalized spacial score (nSPS) is 11.6. The molecule has 2 rings (SSSR count). The average molecular weight is 238 g/mol. The largest absolute Gasteiger partial charge is 0.287 e. The van der Waals surface area contributed by atoms with Gasteiger partial charge in [0.25, 0.3) is 0 Å². The van der Waals surface area contributed by atoms with Crippen molar-refractivity contribution < 1.29 is 5.21 Å². The highest BCUT2D eigenvalue weighted by molar-refractivity contribution is 5.48. The Labute approximate surface area is 106 Å². The molecule has 3 heteroatoms. The van der Waals surface area contributed by atoms with Gasteiger partial charge in [-0.25, -0.2) is 5.06 Å². The number of nitriles is 1. The van der Waals surface area contributed by atoms with Crippen molar-refractivity contribution in [2.75, 3.05) is 5.06 Å². The van der Waals surface area contributed by atoms with Crippen molar-refractivity contribution in [3.05, 3.63) is 65.7 Å². The molecule has 2 aromatic carbocycles. The highest BCUT2D eigenvalue weighted by Crippen LogP contribution is 2.24. The first kappa shape index (κ1) is 12.2. The number of hydrogen-bond acceptors (Lipinski definition) is 3. The second-order valence-electron chi connectivity index (χ2n) is 4.12. The first-order chi connectivity index (χ1) is 8.72. The zero-order valence-corrected chi connectivity index (χ0v) is 10.1. The summed E-state index contributed by atoms with van der Waals surface area (Å²) >= 11 is 0. The maximum Gasteiger partial charge on any atom is 0.167 e. The fraction of sp³-hybridized carbons (Fsp3) is 0.133. The van der Waals surface area contributed by atoms with Gasteiger partial charge in [0.15, 0.2) is 6.04 Å². The monoisotopic (exact) mass is 238 g/mol. The molecular formula is C15H14N2O. The smallest absolute Gasteiger partial charge is 0.167 e. The van der Waals surface area contributed by atoms with E-state index in [9.17, 15) is 10.5 Å². The molecule has 3 nitrogen and oxygen atoms in total. The summed E-state index contributed by atoms with van der Waals surface area (Å²) in [4.78, 5) is 0. The Balaban J connectivity index is 2.29. The summed E-state index contributed by atoms with van der Waals surface area (Å²) in [5, 5.41) is 20.3. The van der Waals surface area contributed by atoms with Crippen LogP contribution in [0.1, 0.15) is 17.2 Å². The van der Waals surface area contributed by atoms with Crippen molar-refractivity contribution in [2.24, 2.45) is 0 Å². The molecule has 0 bridgehead atoms. The first-order valence-electron chi connectivity index (χ1n) is 5.71. The van der Waals surface area contributed by atoms with Crippen molar-refractivity contribution in [1.29, 1.82) is 5.26 Å². The van der Waals surface area contributed by atoms with Crippen LogP contribution >= 0.6 is 0 Å². The molecule has 0 spiro atoms. The SMILES string of the molecule is Cc1ccc(N(O)C(C#N)c2ccccc2)cc1. The lowest BCUT2D eigenvalue weighted by molar-refractivity contribution is 0.236. The molecule has 0 heterocycles. The van der Waals surface area contributed by atoms with Crippen LogP contribution in [0.5, 0.6) is 0 Å². The Hall–Kier alpha value is -2.31. The Morgan fingerprint density at radius 1 is 1.06 bits per heavy atom. The molecule has 0 aromatic heterocycles. The quantitative estimate of drug-likeness (QED) is 0.833. The summed E-state index contributed by atoms with van der Waals surface area (Å²) < 4.78 is 0. The van der Waals surface area contributed by atoms with Crippen LogP contribution in [0.2, 0.25) is 0 Å². The standard InChI is InChI=1S/C15H14N2O/c1-12-7-9-14(10-8-12)17(18)15(11-16)13-5-3-2-4-6-13/h2-10,15,18H,1H3. The van der Waals surface area contributed by atoms with E-state index in [4.69, 9.17) is 0 Å². The van der Waals surface area contributed by atoms with E-state index >= 15 is 0 Å². The predicted molar refractivity (Wildman–Crippen MR) is 70.2 cm³/mol. The van der Waals surface area contributed by atoms with Gasteiger partial charge in [0, 0.05) is 0 Å². The molecule has 0 saturated carbocycles. The zero-order valence-electron chi connectivity index (χ0n) is 10.1. The number of benzene rings is 2. The van der Waals surface area contributed by atoms with E-state index in [-0.39, 0.29) is 0 Å². The summed E-state index contributed by atoms with van der Waals surface area (Å²) in [7, 11) is 0. The maximum atomic E-state index is 10.1. The lowest BCUT2D eigenvalue weighted by atomic mass is 10.1. The van der Waals surface area contributed by atoms with E-state index in [0.717, 1.165) is 16.2 Å². The van der Waals surface area contributed by atoms with Gasteiger partial charge >= 0.3 is 0 Å². The summed E-state index contributed by atoms with van der Waals surface area (Å²) in [5.41, 5.74) is 2.49. The second kappa shape index (κ2) is 5.35. The Morgan fingerprint density at radius 2 is 1.67 bits per heavy atom. The van der Waals surface area contributed by atoms with Crippen LogP contribution in [0, 0.1) is 18.3 Å². The molecule has 0 fully saturated rings.